The molecule has 2 nitrogen and oxygen atoms in total. The molecule has 1 rings (SSSR count). The third-order valence-electron chi connectivity index (χ3n) is 4.30. The topological polar surface area (TPSA) is 29.3 Å². The number of likely N-dealkylation sites (tertiary alicyclic amines) is 1. The highest BCUT2D eigenvalue weighted by Gasteiger charge is 2.32. The fourth-order valence-electron chi connectivity index (χ4n) is 2.46. The molecule has 0 radical (unpaired) electrons. The molecule has 0 aromatic carbocycles. The summed E-state index contributed by atoms with van der Waals surface area (Å²) in [5.41, 5.74) is 6.67. The summed E-state index contributed by atoms with van der Waals surface area (Å²) in [5.74, 6) is 0. The van der Waals surface area contributed by atoms with Crippen molar-refractivity contribution in [1.29, 1.82) is 0 Å². The normalized spacial score (nSPS) is 27.0. The van der Waals surface area contributed by atoms with Crippen molar-refractivity contribution in [2.24, 2.45) is 11.1 Å². The van der Waals surface area contributed by atoms with E-state index in [1.54, 1.807) is 0 Å². The molecule has 15 heavy (non-hydrogen) atoms. The summed E-state index contributed by atoms with van der Waals surface area (Å²) in [5, 5.41) is 0. The van der Waals surface area contributed by atoms with Crippen LogP contribution in [0.5, 0.6) is 0 Å². The van der Waals surface area contributed by atoms with Gasteiger partial charge in [0, 0.05) is 12.1 Å². The number of hydrogen-bond donors (Lipinski definition) is 1. The lowest BCUT2D eigenvalue weighted by Crippen LogP contribution is -2.51. The average Bonchev–Trinajstić information content (AvgIpc) is 2.38. The summed E-state index contributed by atoms with van der Waals surface area (Å²) in [6, 6.07) is 0. The summed E-state index contributed by atoms with van der Waals surface area (Å²) in [6.07, 6.45) is 5.14. The van der Waals surface area contributed by atoms with Gasteiger partial charge in [-0.1, -0.05) is 20.8 Å². The Morgan fingerprint density at radius 1 is 1.27 bits per heavy atom. The first-order valence-corrected chi connectivity index (χ1v) is 6.39. The standard InChI is InChI=1S/C13H28N2/c1-5-13(4,11-14)15-9-6-7-12(2,3)8-10-15/h5-11,14H2,1-4H3. The van der Waals surface area contributed by atoms with E-state index in [0.29, 0.717) is 5.41 Å². The van der Waals surface area contributed by atoms with Crippen LogP contribution in [-0.4, -0.2) is 30.1 Å². The van der Waals surface area contributed by atoms with Gasteiger partial charge in [-0.05, 0) is 51.1 Å². The van der Waals surface area contributed by atoms with Gasteiger partial charge in [-0.2, -0.15) is 0 Å². The van der Waals surface area contributed by atoms with Crippen LogP contribution >= 0.6 is 0 Å². The molecule has 1 atom stereocenters. The molecule has 0 aromatic rings. The Kier molecular flexibility index (Phi) is 4.19. The Hall–Kier alpha value is -0.0800. The summed E-state index contributed by atoms with van der Waals surface area (Å²) in [6.45, 7) is 12.6. The summed E-state index contributed by atoms with van der Waals surface area (Å²) in [4.78, 5) is 2.61. The number of rotatable bonds is 3. The van der Waals surface area contributed by atoms with Crippen LogP contribution < -0.4 is 5.73 Å². The van der Waals surface area contributed by atoms with Crippen LogP contribution in [-0.2, 0) is 0 Å². The summed E-state index contributed by atoms with van der Waals surface area (Å²) in [7, 11) is 0. The van der Waals surface area contributed by atoms with E-state index in [2.05, 4.69) is 32.6 Å². The second kappa shape index (κ2) is 4.84. The van der Waals surface area contributed by atoms with Crippen molar-refractivity contribution in [1.82, 2.24) is 4.90 Å². The monoisotopic (exact) mass is 212 g/mol. The maximum atomic E-state index is 5.93. The van der Waals surface area contributed by atoms with E-state index in [0.717, 1.165) is 13.0 Å². The highest BCUT2D eigenvalue weighted by atomic mass is 15.2. The Bertz CT molecular complexity index is 195. The van der Waals surface area contributed by atoms with E-state index in [9.17, 15) is 0 Å². The van der Waals surface area contributed by atoms with Gasteiger partial charge in [0.1, 0.15) is 0 Å². The molecule has 0 spiro atoms. The first-order chi connectivity index (χ1) is 6.93. The fraction of sp³-hybridized carbons (Fsp3) is 1.00. The third-order valence-corrected chi connectivity index (χ3v) is 4.30. The van der Waals surface area contributed by atoms with Crippen molar-refractivity contribution >= 4 is 0 Å². The highest BCUT2D eigenvalue weighted by Crippen LogP contribution is 2.32. The van der Waals surface area contributed by atoms with Crippen molar-refractivity contribution in [3.8, 4) is 0 Å². The molecule has 2 heteroatoms. The molecule has 0 aromatic heterocycles. The molecule has 1 fully saturated rings. The van der Waals surface area contributed by atoms with Gasteiger partial charge in [-0.15, -0.1) is 0 Å². The zero-order valence-electron chi connectivity index (χ0n) is 11.0. The van der Waals surface area contributed by atoms with Gasteiger partial charge < -0.3 is 5.73 Å². The van der Waals surface area contributed by atoms with Gasteiger partial charge in [0.15, 0.2) is 0 Å². The quantitative estimate of drug-likeness (QED) is 0.779. The van der Waals surface area contributed by atoms with E-state index < -0.39 is 0 Å². The number of hydrogen-bond acceptors (Lipinski definition) is 2. The van der Waals surface area contributed by atoms with Crippen molar-refractivity contribution < 1.29 is 0 Å². The minimum absolute atomic E-state index is 0.223. The zero-order chi connectivity index (χ0) is 11.5. The van der Waals surface area contributed by atoms with E-state index in [1.165, 1.54) is 32.4 Å². The predicted molar refractivity (Wildman–Crippen MR) is 67.0 cm³/mol. The molecule has 0 saturated carbocycles. The molecule has 0 aliphatic carbocycles. The largest absolute Gasteiger partial charge is 0.329 e. The van der Waals surface area contributed by atoms with Gasteiger partial charge in [0.25, 0.3) is 0 Å². The van der Waals surface area contributed by atoms with Gasteiger partial charge in [-0.3, -0.25) is 4.90 Å². The Morgan fingerprint density at radius 3 is 2.47 bits per heavy atom. The van der Waals surface area contributed by atoms with Crippen molar-refractivity contribution in [2.75, 3.05) is 19.6 Å². The molecule has 90 valence electrons. The lowest BCUT2D eigenvalue weighted by Gasteiger charge is -2.39. The lowest BCUT2D eigenvalue weighted by atomic mass is 9.85. The van der Waals surface area contributed by atoms with Crippen LogP contribution in [0.4, 0.5) is 0 Å². The van der Waals surface area contributed by atoms with E-state index >= 15 is 0 Å². The Balaban J connectivity index is 2.64. The van der Waals surface area contributed by atoms with E-state index in [1.807, 2.05) is 0 Å². The van der Waals surface area contributed by atoms with Gasteiger partial charge >= 0.3 is 0 Å². The second-order valence-corrected chi connectivity index (χ2v) is 6.06. The SMILES string of the molecule is CCC(C)(CN)N1CCCC(C)(C)CC1. The summed E-state index contributed by atoms with van der Waals surface area (Å²) < 4.78 is 0. The molecule has 1 aliphatic heterocycles. The minimum atomic E-state index is 0.223. The van der Waals surface area contributed by atoms with Crippen LogP contribution in [0.25, 0.3) is 0 Å². The Morgan fingerprint density at radius 2 is 1.93 bits per heavy atom. The third kappa shape index (κ3) is 3.18. The van der Waals surface area contributed by atoms with Crippen molar-refractivity contribution in [3.63, 3.8) is 0 Å². The lowest BCUT2D eigenvalue weighted by molar-refractivity contribution is 0.106. The number of nitrogens with zero attached hydrogens (tertiary/aromatic N) is 1. The van der Waals surface area contributed by atoms with Crippen LogP contribution in [0.3, 0.4) is 0 Å². The highest BCUT2D eigenvalue weighted by molar-refractivity contribution is 4.89. The fourth-order valence-corrected chi connectivity index (χ4v) is 2.46. The van der Waals surface area contributed by atoms with Gasteiger partial charge in [0.05, 0.1) is 0 Å². The molecule has 0 amide bonds. The van der Waals surface area contributed by atoms with Crippen LogP contribution in [0, 0.1) is 5.41 Å². The maximum absolute atomic E-state index is 5.93. The summed E-state index contributed by atoms with van der Waals surface area (Å²) >= 11 is 0. The molecule has 2 N–H and O–H groups in total. The molecular weight excluding hydrogens is 184 g/mol. The molecule has 1 unspecified atom stereocenters. The molecular formula is C13H28N2. The molecule has 1 saturated heterocycles. The smallest absolute Gasteiger partial charge is 0.0300 e. The first kappa shape index (κ1) is 13.0. The van der Waals surface area contributed by atoms with Crippen molar-refractivity contribution in [2.45, 2.75) is 58.9 Å². The van der Waals surface area contributed by atoms with Crippen molar-refractivity contribution in [3.05, 3.63) is 0 Å². The Labute approximate surface area is 95.2 Å². The molecule has 1 aliphatic rings. The second-order valence-electron chi connectivity index (χ2n) is 6.06. The number of nitrogens with two attached hydrogens (primary N) is 1. The predicted octanol–water partition coefficient (Wildman–Crippen LogP) is 2.63. The van der Waals surface area contributed by atoms with Crippen LogP contribution in [0.2, 0.25) is 0 Å². The molecule has 1 heterocycles. The van der Waals surface area contributed by atoms with Crippen LogP contribution in [0.15, 0.2) is 0 Å². The van der Waals surface area contributed by atoms with Crippen LogP contribution in [0.1, 0.15) is 53.4 Å². The maximum Gasteiger partial charge on any atom is 0.0300 e. The first-order valence-electron chi connectivity index (χ1n) is 6.39. The average molecular weight is 212 g/mol. The van der Waals surface area contributed by atoms with Gasteiger partial charge in [-0.25, -0.2) is 0 Å². The molecule has 0 bridgehead atoms. The van der Waals surface area contributed by atoms with E-state index in [-0.39, 0.29) is 5.54 Å². The van der Waals surface area contributed by atoms with E-state index in [4.69, 9.17) is 5.73 Å². The van der Waals surface area contributed by atoms with Gasteiger partial charge in [0.2, 0.25) is 0 Å². The minimum Gasteiger partial charge on any atom is -0.329 e. The zero-order valence-corrected chi connectivity index (χ0v) is 11.0.